The van der Waals surface area contributed by atoms with Crippen molar-refractivity contribution in [2.75, 3.05) is 5.73 Å². The predicted octanol–water partition coefficient (Wildman–Crippen LogP) is 7.48. The number of hydrogen-bond acceptors (Lipinski definition) is 8. The highest BCUT2D eigenvalue weighted by atomic mass is 16.5. The van der Waals surface area contributed by atoms with Crippen LogP contribution in [-0.2, 0) is 7.05 Å². The zero-order valence-electron chi connectivity index (χ0n) is 27.9. The highest BCUT2D eigenvalue weighted by Crippen LogP contribution is 2.40. The minimum Gasteiger partial charge on any atom is -0.463 e. The SMILES string of the molecule is CC.CC.CC.CC.Cc1nc(N)c2c(n1)OC(C)(C)C(c1ccc(C3CCCCC3)cc1)=N2.Cn1oc(=O)[nH]c1=O. The number of nitrogens with two attached hydrogens (primary N) is 1. The Morgan fingerprint density at radius 1 is 0.905 bits per heavy atom. The van der Waals surface area contributed by atoms with Crippen molar-refractivity contribution >= 4 is 17.2 Å². The van der Waals surface area contributed by atoms with Crippen molar-refractivity contribution in [3.8, 4) is 5.88 Å². The average Bonchev–Trinajstić information content (AvgIpc) is 3.31. The molecular formula is C32H54N6O4. The number of nitrogen functional groups attached to an aromatic ring is 1. The molecule has 0 radical (unpaired) electrons. The van der Waals surface area contributed by atoms with Gasteiger partial charge in [0.2, 0.25) is 5.88 Å². The first kappa shape index (κ1) is 38.3. The van der Waals surface area contributed by atoms with Crippen LogP contribution in [0.4, 0.5) is 11.5 Å². The molecule has 3 aromatic rings. The molecule has 3 heterocycles. The topological polar surface area (TPSA) is 141 Å². The van der Waals surface area contributed by atoms with E-state index in [0.29, 0.717) is 29.1 Å². The molecule has 1 saturated carbocycles. The third kappa shape index (κ3) is 10.6. The summed E-state index contributed by atoms with van der Waals surface area (Å²) in [4.78, 5) is 35.6. The van der Waals surface area contributed by atoms with Crippen LogP contribution in [0.1, 0.15) is 124 Å². The Bertz CT molecular complexity index is 1310. The highest BCUT2D eigenvalue weighted by Gasteiger charge is 2.35. The number of nitrogens with one attached hydrogen (secondary N) is 1. The van der Waals surface area contributed by atoms with Crippen LogP contribution in [0.3, 0.4) is 0 Å². The van der Waals surface area contributed by atoms with Gasteiger partial charge >= 0.3 is 11.4 Å². The number of anilines is 1. The maximum absolute atomic E-state index is 10.3. The van der Waals surface area contributed by atoms with Gasteiger partial charge in [-0.25, -0.2) is 24.5 Å². The van der Waals surface area contributed by atoms with Gasteiger partial charge in [0.05, 0.1) is 12.8 Å². The van der Waals surface area contributed by atoms with Crippen molar-refractivity contribution in [1.82, 2.24) is 19.7 Å². The van der Waals surface area contributed by atoms with Crippen molar-refractivity contribution in [1.29, 1.82) is 0 Å². The summed E-state index contributed by atoms with van der Waals surface area (Å²) in [7, 11) is 1.35. The average molecular weight is 587 g/mol. The lowest BCUT2D eigenvalue weighted by Gasteiger charge is -2.32. The second-order valence-corrected chi connectivity index (χ2v) is 9.15. The largest absolute Gasteiger partial charge is 0.463 e. The van der Waals surface area contributed by atoms with E-state index in [0.717, 1.165) is 16.0 Å². The lowest BCUT2D eigenvalue weighted by atomic mass is 9.83. The van der Waals surface area contributed by atoms with Crippen molar-refractivity contribution in [2.45, 2.75) is 120 Å². The number of nitrogens with zero attached hydrogens (tertiary/aromatic N) is 4. The molecule has 0 spiro atoms. The maximum Gasteiger partial charge on any atom is 0.440 e. The van der Waals surface area contributed by atoms with Crippen molar-refractivity contribution in [3.05, 3.63) is 62.3 Å². The monoisotopic (exact) mass is 586 g/mol. The molecule has 236 valence electrons. The summed E-state index contributed by atoms with van der Waals surface area (Å²) in [6.07, 6.45) is 6.66. The molecule has 2 aromatic heterocycles. The predicted molar refractivity (Wildman–Crippen MR) is 174 cm³/mol. The van der Waals surface area contributed by atoms with Gasteiger partial charge in [-0.1, -0.05) is 98.9 Å². The van der Waals surface area contributed by atoms with E-state index in [9.17, 15) is 9.59 Å². The smallest absolute Gasteiger partial charge is 0.440 e. The Hall–Kier alpha value is -3.69. The van der Waals surface area contributed by atoms with Crippen LogP contribution in [0.2, 0.25) is 0 Å². The van der Waals surface area contributed by atoms with E-state index >= 15 is 0 Å². The van der Waals surface area contributed by atoms with Crippen LogP contribution in [0.5, 0.6) is 5.88 Å². The Labute approximate surface area is 251 Å². The molecule has 1 aromatic carbocycles. The zero-order chi connectivity index (χ0) is 32.5. The van der Waals surface area contributed by atoms with E-state index in [1.54, 1.807) is 6.92 Å². The summed E-state index contributed by atoms with van der Waals surface area (Å²) in [5.74, 6) is 1.38. The molecule has 42 heavy (non-hydrogen) atoms. The number of benzene rings is 1. The molecule has 0 bridgehead atoms. The van der Waals surface area contributed by atoms with Gasteiger partial charge in [-0.3, -0.25) is 0 Å². The lowest BCUT2D eigenvalue weighted by molar-refractivity contribution is 0.171. The van der Waals surface area contributed by atoms with E-state index in [1.165, 1.54) is 44.7 Å². The van der Waals surface area contributed by atoms with Gasteiger partial charge in [-0.2, -0.15) is 9.72 Å². The number of aromatic amines is 1. The third-order valence-electron chi connectivity index (χ3n) is 6.11. The van der Waals surface area contributed by atoms with Gasteiger partial charge in [0, 0.05) is 5.56 Å². The van der Waals surface area contributed by atoms with Gasteiger partial charge < -0.3 is 15.0 Å². The van der Waals surface area contributed by atoms with Crippen molar-refractivity contribution in [2.24, 2.45) is 12.0 Å². The molecule has 10 heteroatoms. The van der Waals surface area contributed by atoms with Crippen molar-refractivity contribution in [3.63, 3.8) is 0 Å². The first-order valence-electron chi connectivity index (χ1n) is 15.4. The standard InChI is InChI=1S/C21H26N4O.C3H4N2O3.4C2H6/c1-13-23-19(22)17-20(24-13)26-21(2,3)18(25-17)16-11-9-15(10-12-16)14-7-5-4-6-8-14;1-5-2(6)4-3(7)8-5;4*1-2/h9-12,14H,4-8H2,1-3H3,(H2,22,23,24);1H3,(H,4,6,7);4*1-2H3. The molecule has 0 amide bonds. The molecule has 1 aliphatic heterocycles. The van der Waals surface area contributed by atoms with Crippen LogP contribution in [-0.4, -0.2) is 31.0 Å². The summed E-state index contributed by atoms with van der Waals surface area (Å²) in [5, 5.41) is 0. The molecule has 0 unspecified atom stereocenters. The minimum atomic E-state index is -0.725. The summed E-state index contributed by atoms with van der Waals surface area (Å²) in [6, 6.07) is 8.80. The summed E-state index contributed by atoms with van der Waals surface area (Å²) in [6.45, 7) is 21.8. The molecule has 1 fully saturated rings. The zero-order valence-corrected chi connectivity index (χ0v) is 27.9. The van der Waals surface area contributed by atoms with E-state index in [2.05, 4.69) is 38.8 Å². The molecule has 1 aliphatic carbocycles. The number of aromatic nitrogens is 4. The Balaban J connectivity index is 0.000000881. The van der Waals surface area contributed by atoms with Gasteiger partial charge in [-0.15, -0.1) is 0 Å². The number of aliphatic imine (C=N–C) groups is 1. The number of hydrogen-bond donors (Lipinski definition) is 2. The van der Waals surface area contributed by atoms with Crippen molar-refractivity contribution < 1.29 is 9.26 Å². The van der Waals surface area contributed by atoms with Crippen LogP contribution in [0.15, 0.2) is 43.4 Å². The fourth-order valence-electron chi connectivity index (χ4n) is 4.39. The number of fused-ring (bicyclic) bond motifs is 1. The molecule has 5 rings (SSSR count). The van der Waals surface area contributed by atoms with Gasteiger partial charge in [0.1, 0.15) is 11.4 Å². The number of H-pyrrole nitrogens is 1. The second kappa shape index (κ2) is 19.4. The number of ether oxygens (including phenoxy) is 1. The van der Waals surface area contributed by atoms with E-state index in [4.69, 9.17) is 15.5 Å². The van der Waals surface area contributed by atoms with Crippen LogP contribution in [0.25, 0.3) is 0 Å². The number of aryl methyl sites for hydroxylation is 2. The lowest BCUT2D eigenvalue weighted by Crippen LogP contribution is -2.41. The molecule has 2 aliphatic rings. The van der Waals surface area contributed by atoms with Crippen LogP contribution in [0, 0.1) is 6.92 Å². The molecule has 3 N–H and O–H groups in total. The summed E-state index contributed by atoms with van der Waals surface area (Å²) in [5.41, 5.74) is 8.82. The fraction of sp³-hybridized carbons (Fsp3) is 0.594. The first-order chi connectivity index (χ1) is 20.1. The molecule has 0 saturated heterocycles. The number of rotatable bonds is 2. The van der Waals surface area contributed by atoms with Gasteiger partial charge in [-0.05, 0) is 45.1 Å². The maximum atomic E-state index is 10.3. The van der Waals surface area contributed by atoms with Gasteiger partial charge in [0.15, 0.2) is 11.5 Å². The molecule has 0 atom stereocenters. The first-order valence-corrected chi connectivity index (χ1v) is 15.4. The van der Waals surface area contributed by atoms with E-state index in [-0.39, 0.29) is 0 Å². The molecular weight excluding hydrogens is 532 g/mol. The minimum absolute atomic E-state index is 0.360. The summed E-state index contributed by atoms with van der Waals surface area (Å²) >= 11 is 0. The Kier molecular flexibility index (Phi) is 17.7. The third-order valence-corrected chi connectivity index (χ3v) is 6.11. The summed E-state index contributed by atoms with van der Waals surface area (Å²) < 4.78 is 11.2. The second-order valence-electron chi connectivity index (χ2n) is 9.15. The van der Waals surface area contributed by atoms with E-state index < -0.39 is 17.0 Å². The fourth-order valence-corrected chi connectivity index (χ4v) is 4.39. The molecule has 10 nitrogen and oxygen atoms in total. The van der Waals surface area contributed by atoms with E-state index in [1.807, 2.05) is 74.2 Å². The van der Waals surface area contributed by atoms with Gasteiger partial charge in [0.25, 0.3) is 0 Å². The highest BCUT2D eigenvalue weighted by molar-refractivity contribution is 6.09. The quantitative estimate of drug-likeness (QED) is 0.317. The normalized spacial score (nSPS) is 14.4. The van der Waals surface area contributed by atoms with Crippen LogP contribution < -0.4 is 21.9 Å². The Morgan fingerprint density at radius 2 is 1.45 bits per heavy atom. The van der Waals surface area contributed by atoms with Crippen LogP contribution >= 0.6 is 0 Å². The Morgan fingerprint density at radius 3 is 1.90 bits per heavy atom.